The zero-order chi connectivity index (χ0) is 19.2. The van der Waals surface area contributed by atoms with Crippen molar-refractivity contribution in [3.63, 3.8) is 0 Å². The second-order valence-electron chi connectivity index (χ2n) is 6.77. The molecule has 7 heteroatoms. The molecule has 2 aliphatic rings. The van der Waals surface area contributed by atoms with Gasteiger partial charge in [0.15, 0.2) is 0 Å². The second-order valence-corrected chi connectivity index (χ2v) is 7.21. The van der Waals surface area contributed by atoms with E-state index in [9.17, 15) is 10.5 Å². The lowest BCUT2D eigenvalue weighted by Gasteiger charge is -2.42. The van der Waals surface area contributed by atoms with Crippen molar-refractivity contribution in [2.75, 3.05) is 0 Å². The number of fused-ring (bicyclic) bond motifs is 1. The third-order valence-corrected chi connectivity index (χ3v) is 5.59. The van der Waals surface area contributed by atoms with Gasteiger partial charge in [-0.15, -0.1) is 5.10 Å². The highest BCUT2D eigenvalue weighted by atomic mass is 35.5. The first kappa shape index (κ1) is 17.2. The van der Waals surface area contributed by atoms with Crippen LogP contribution < -0.4 is 10.5 Å². The van der Waals surface area contributed by atoms with Crippen LogP contribution in [-0.4, -0.2) is 10.2 Å². The first-order valence-corrected chi connectivity index (χ1v) is 8.90. The molecule has 0 saturated heterocycles. The zero-order valence-corrected chi connectivity index (χ0v) is 15.3. The van der Waals surface area contributed by atoms with E-state index in [4.69, 9.17) is 22.1 Å². The lowest BCUT2D eigenvalue weighted by Crippen LogP contribution is -2.42. The maximum Gasteiger partial charge on any atom is 0.244 e. The van der Waals surface area contributed by atoms with Gasteiger partial charge in [0.25, 0.3) is 0 Å². The molecule has 27 heavy (non-hydrogen) atoms. The van der Waals surface area contributed by atoms with Crippen molar-refractivity contribution in [1.29, 1.82) is 10.5 Å². The number of halogens is 1. The Morgan fingerprint density at radius 1 is 1.26 bits per heavy atom. The summed E-state index contributed by atoms with van der Waals surface area (Å²) >= 11 is 6.33. The maximum absolute atomic E-state index is 10.1. The molecule has 1 unspecified atom stereocenters. The molecular formula is C20H16ClN5O. The van der Waals surface area contributed by atoms with Crippen LogP contribution in [0.1, 0.15) is 35.2 Å². The van der Waals surface area contributed by atoms with Gasteiger partial charge < -0.3 is 10.5 Å². The standard InChI is InChI=1S/C20H16ClN5O/c1-11-17-19(26-25-11)27-18(24)16(10-23)20(17,13-4-2-3-5-13)14-6-12(9-22)7-15(21)8-14/h2-3,6-8,13H,4-5,24H2,1H3,(H,25,26). The number of hydrogen-bond acceptors (Lipinski definition) is 5. The summed E-state index contributed by atoms with van der Waals surface area (Å²) in [7, 11) is 0. The smallest absolute Gasteiger partial charge is 0.244 e. The topological polar surface area (TPSA) is 112 Å². The SMILES string of the molecule is Cc1[nH]nc2c1C(c1cc(Cl)cc(C#N)c1)(C1CC=CC1)C(C#N)=C(N)O2. The van der Waals surface area contributed by atoms with Crippen LogP contribution in [0.15, 0.2) is 41.8 Å². The Kier molecular flexibility index (Phi) is 3.95. The second kappa shape index (κ2) is 6.19. The van der Waals surface area contributed by atoms with Crippen molar-refractivity contribution < 1.29 is 4.74 Å². The van der Waals surface area contributed by atoms with Gasteiger partial charge >= 0.3 is 0 Å². The van der Waals surface area contributed by atoms with Crippen molar-refractivity contribution in [3.8, 4) is 18.0 Å². The third kappa shape index (κ3) is 2.34. The summed E-state index contributed by atoms with van der Waals surface area (Å²) in [6.45, 7) is 1.89. The summed E-state index contributed by atoms with van der Waals surface area (Å²) < 4.78 is 5.65. The number of aromatic nitrogens is 2. The van der Waals surface area contributed by atoms with E-state index in [1.807, 2.05) is 6.92 Å². The molecule has 1 atom stereocenters. The fourth-order valence-corrected chi connectivity index (χ4v) is 4.58. The minimum absolute atomic E-state index is 0.0228. The molecule has 0 fully saturated rings. The van der Waals surface area contributed by atoms with E-state index in [0.717, 1.165) is 29.7 Å². The van der Waals surface area contributed by atoms with E-state index in [0.29, 0.717) is 22.0 Å². The van der Waals surface area contributed by atoms with Crippen molar-refractivity contribution in [3.05, 3.63) is 69.2 Å². The van der Waals surface area contributed by atoms with Gasteiger partial charge in [-0.2, -0.15) is 10.5 Å². The van der Waals surface area contributed by atoms with Gasteiger partial charge in [0.2, 0.25) is 11.8 Å². The van der Waals surface area contributed by atoms with Crippen LogP contribution in [0.2, 0.25) is 5.02 Å². The Hall–Kier alpha value is -3.22. The normalized spacial score (nSPS) is 21.5. The third-order valence-electron chi connectivity index (χ3n) is 5.37. The highest BCUT2D eigenvalue weighted by molar-refractivity contribution is 6.30. The fraction of sp³-hybridized carbons (Fsp3) is 0.250. The first-order chi connectivity index (χ1) is 13.0. The van der Waals surface area contributed by atoms with Gasteiger partial charge in [-0.3, -0.25) is 5.10 Å². The van der Waals surface area contributed by atoms with Crippen LogP contribution in [0.25, 0.3) is 0 Å². The van der Waals surface area contributed by atoms with Crippen LogP contribution in [0.4, 0.5) is 0 Å². The molecule has 3 N–H and O–H groups in total. The molecule has 1 aromatic carbocycles. The van der Waals surface area contributed by atoms with E-state index in [1.165, 1.54) is 0 Å². The number of nitrogens with two attached hydrogens (primary N) is 1. The minimum Gasteiger partial charge on any atom is -0.420 e. The number of nitrogens with zero attached hydrogens (tertiary/aromatic N) is 3. The van der Waals surface area contributed by atoms with Crippen molar-refractivity contribution >= 4 is 11.6 Å². The summed E-state index contributed by atoms with van der Waals surface area (Å²) in [5, 5.41) is 27.1. The van der Waals surface area contributed by atoms with Gasteiger partial charge in [0.1, 0.15) is 11.6 Å². The monoisotopic (exact) mass is 377 g/mol. The van der Waals surface area contributed by atoms with E-state index in [1.54, 1.807) is 18.2 Å². The van der Waals surface area contributed by atoms with Crippen molar-refractivity contribution in [2.45, 2.75) is 25.2 Å². The molecule has 0 amide bonds. The molecule has 0 saturated carbocycles. The molecular weight excluding hydrogens is 362 g/mol. The Bertz CT molecular complexity index is 1080. The average Bonchev–Trinajstić information content (AvgIpc) is 3.31. The van der Waals surface area contributed by atoms with E-state index in [2.05, 4.69) is 34.5 Å². The number of nitrogens with one attached hydrogen (secondary N) is 1. The fourth-order valence-electron chi connectivity index (χ4n) is 4.35. The van der Waals surface area contributed by atoms with Crippen LogP contribution in [-0.2, 0) is 5.41 Å². The molecule has 6 nitrogen and oxygen atoms in total. The van der Waals surface area contributed by atoms with E-state index in [-0.39, 0.29) is 11.8 Å². The van der Waals surface area contributed by atoms with Gasteiger partial charge in [0.05, 0.1) is 22.6 Å². The molecule has 134 valence electrons. The van der Waals surface area contributed by atoms with Crippen LogP contribution in [0.3, 0.4) is 0 Å². The van der Waals surface area contributed by atoms with Crippen LogP contribution in [0.5, 0.6) is 5.88 Å². The molecule has 1 aliphatic heterocycles. The molecule has 0 radical (unpaired) electrons. The molecule has 2 aromatic rings. The van der Waals surface area contributed by atoms with Gasteiger partial charge in [-0.25, -0.2) is 0 Å². The predicted octanol–water partition coefficient (Wildman–Crippen LogP) is 3.58. The van der Waals surface area contributed by atoms with E-state index >= 15 is 0 Å². The van der Waals surface area contributed by atoms with Crippen molar-refractivity contribution in [1.82, 2.24) is 10.2 Å². The zero-order valence-electron chi connectivity index (χ0n) is 14.6. The summed E-state index contributed by atoms with van der Waals surface area (Å²) in [5.74, 6) is 0.408. The lowest BCUT2D eigenvalue weighted by atomic mass is 9.60. The van der Waals surface area contributed by atoms with Crippen LogP contribution in [0, 0.1) is 35.5 Å². The molecule has 0 spiro atoms. The summed E-state index contributed by atoms with van der Waals surface area (Å²) in [4.78, 5) is 0. The number of nitriles is 2. The van der Waals surface area contributed by atoms with E-state index < -0.39 is 5.41 Å². The summed E-state index contributed by atoms with van der Waals surface area (Å²) in [6.07, 6.45) is 5.71. The number of hydrogen-bond donors (Lipinski definition) is 2. The number of aryl methyl sites for hydroxylation is 1. The number of benzene rings is 1. The number of aromatic amines is 1. The molecule has 4 rings (SSSR count). The Morgan fingerprint density at radius 2 is 2.00 bits per heavy atom. The molecule has 1 aliphatic carbocycles. The number of rotatable bonds is 2. The highest BCUT2D eigenvalue weighted by Crippen LogP contribution is 2.55. The molecule has 2 heterocycles. The van der Waals surface area contributed by atoms with Crippen LogP contribution >= 0.6 is 11.6 Å². The van der Waals surface area contributed by atoms with Gasteiger partial charge in [-0.1, -0.05) is 23.8 Å². The number of H-pyrrole nitrogens is 1. The molecule has 0 bridgehead atoms. The largest absolute Gasteiger partial charge is 0.420 e. The first-order valence-electron chi connectivity index (χ1n) is 8.52. The lowest BCUT2D eigenvalue weighted by molar-refractivity contribution is 0.308. The quantitative estimate of drug-likeness (QED) is 0.777. The van der Waals surface area contributed by atoms with Crippen molar-refractivity contribution in [2.24, 2.45) is 11.7 Å². The van der Waals surface area contributed by atoms with Gasteiger partial charge in [0, 0.05) is 10.7 Å². The Labute approximate surface area is 161 Å². The number of ether oxygens (including phenoxy) is 1. The average molecular weight is 378 g/mol. The summed E-state index contributed by atoms with van der Waals surface area (Å²) in [5.41, 5.74) is 8.31. The molecule has 1 aromatic heterocycles. The Balaban J connectivity index is 2.14. The Morgan fingerprint density at radius 3 is 2.67 bits per heavy atom. The highest BCUT2D eigenvalue weighted by Gasteiger charge is 2.53. The minimum atomic E-state index is -0.899. The van der Waals surface area contributed by atoms with Gasteiger partial charge in [-0.05, 0) is 49.4 Å². The summed E-state index contributed by atoms with van der Waals surface area (Å²) in [6, 6.07) is 9.59. The maximum atomic E-state index is 10.1. The number of allylic oxidation sites excluding steroid dienone is 3. The predicted molar refractivity (Wildman–Crippen MR) is 99.6 cm³/mol.